The Kier molecular flexibility index (Phi) is 4.17. The molecule has 10 heteroatoms. The van der Waals surface area contributed by atoms with Crippen LogP contribution in [0, 0.1) is 6.08 Å². The molecule has 4 atom stereocenters. The van der Waals surface area contributed by atoms with Crippen LogP contribution in [0.2, 0.25) is 0 Å². The van der Waals surface area contributed by atoms with Crippen LogP contribution < -0.4 is 5.73 Å². The lowest BCUT2D eigenvalue weighted by Gasteiger charge is -2.16. The van der Waals surface area contributed by atoms with Crippen molar-refractivity contribution in [3.05, 3.63) is 12.4 Å². The predicted octanol–water partition coefficient (Wildman–Crippen LogP) is -0.0801. The molecule has 0 bridgehead atoms. The van der Waals surface area contributed by atoms with Crippen LogP contribution in [-0.2, 0) is 4.74 Å². The van der Waals surface area contributed by atoms with Crippen molar-refractivity contribution >= 4 is 28.7 Å². The van der Waals surface area contributed by atoms with Gasteiger partial charge in [0.15, 0.2) is 23.2 Å². The zero-order valence-corrected chi connectivity index (χ0v) is 12.6. The molecule has 8 nitrogen and oxygen atoms in total. The molecule has 0 radical (unpaired) electrons. The number of hydrogen-bond acceptors (Lipinski definition) is 8. The van der Waals surface area contributed by atoms with E-state index in [0.717, 1.165) is 5.75 Å². The molecule has 2 aromatic heterocycles. The number of aliphatic hydroxyl groups excluding tert-OH is 2. The van der Waals surface area contributed by atoms with Gasteiger partial charge in [0.25, 0.3) is 0 Å². The lowest BCUT2D eigenvalue weighted by Crippen LogP contribution is -2.32. The van der Waals surface area contributed by atoms with Gasteiger partial charge in [-0.3, -0.25) is 4.57 Å². The van der Waals surface area contributed by atoms with Crippen LogP contribution in [0.5, 0.6) is 0 Å². The summed E-state index contributed by atoms with van der Waals surface area (Å²) in [5.74, 6) is 1.33. The summed E-state index contributed by atoms with van der Waals surface area (Å²) in [5, 5.41) is 20.3. The first-order valence-corrected chi connectivity index (χ1v) is 7.93. The van der Waals surface area contributed by atoms with E-state index in [0.29, 0.717) is 5.75 Å². The van der Waals surface area contributed by atoms with E-state index < -0.39 is 30.6 Å². The highest BCUT2D eigenvalue weighted by atomic mass is 32.2. The second-order valence-corrected chi connectivity index (χ2v) is 6.23. The highest BCUT2D eigenvalue weighted by molar-refractivity contribution is 7.99. The second-order valence-electron chi connectivity index (χ2n) is 4.91. The Morgan fingerprint density at radius 2 is 2.18 bits per heavy atom. The Balaban J connectivity index is 1.94. The molecule has 0 aliphatic carbocycles. The number of aliphatic hydroxyl groups is 2. The molecule has 0 aromatic carbocycles. The first-order valence-electron chi connectivity index (χ1n) is 6.77. The first-order chi connectivity index (χ1) is 10.5. The molecule has 3 rings (SSSR count). The van der Waals surface area contributed by atoms with Crippen LogP contribution in [0.15, 0.2) is 6.33 Å². The normalized spacial score (nSPS) is 28.5. The molecule has 1 saturated heterocycles. The van der Waals surface area contributed by atoms with E-state index in [2.05, 4.69) is 15.0 Å². The maximum Gasteiger partial charge on any atom is 0.312 e. The number of halogens is 1. The number of ether oxygens (including phenoxy) is 1. The minimum absolute atomic E-state index is 0.0904. The number of aromatic nitrogens is 4. The fraction of sp³-hybridized carbons (Fsp3) is 0.583. The monoisotopic (exact) mass is 329 g/mol. The van der Waals surface area contributed by atoms with Crippen LogP contribution in [-0.4, -0.2) is 59.5 Å². The highest BCUT2D eigenvalue weighted by Gasteiger charge is 2.44. The van der Waals surface area contributed by atoms with Gasteiger partial charge in [0.1, 0.15) is 12.2 Å². The largest absolute Gasteiger partial charge is 0.387 e. The van der Waals surface area contributed by atoms with E-state index in [9.17, 15) is 14.6 Å². The Labute approximate surface area is 129 Å². The van der Waals surface area contributed by atoms with Crippen LogP contribution in [0.3, 0.4) is 0 Å². The van der Waals surface area contributed by atoms with Gasteiger partial charge in [0.05, 0.1) is 12.4 Å². The average molecular weight is 329 g/mol. The summed E-state index contributed by atoms with van der Waals surface area (Å²) in [6.45, 7) is 1.99. The number of nitrogens with two attached hydrogens (primary N) is 1. The van der Waals surface area contributed by atoms with Gasteiger partial charge in [0, 0.05) is 5.75 Å². The molecular formula is C12H16FN5O3S. The van der Waals surface area contributed by atoms with Gasteiger partial charge in [-0.15, -0.1) is 0 Å². The molecule has 0 saturated carbocycles. The lowest BCUT2D eigenvalue weighted by atomic mass is 10.1. The van der Waals surface area contributed by atoms with Gasteiger partial charge in [-0.25, -0.2) is 4.98 Å². The standard InChI is InChI=1S/C12H16FN5O3S/c1-2-22-3-5-7(19)8(20)11(21-5)18-4-15-6-9(14)16-12(13)17-10(6)18/h4-5,7-8,11,19-20H,2-3H2,1H3,(H2,14,16,17)/t5-,7-,8-,11-/m1/s1. The molecule has 0 spiro atoms. The fourth-order valence-electron chi connectivity index (χ4n) is 2.43. The van der Waals surface area contributed by atoms with E-state index in [-0.39, 0.29) is 17.0 Å². The molecule has 120 valence electrons. The molecule has 1 aliphatic heterocycles. The summed E-state index contributed by atoms with van der Waals surface area (Å²) in [4.78, 5) is 11.1. The number of imidazole rings is 1. The van der Waals surface area contributed by atoms with Gasteiger partial charge in [-0.2, -0.15) is 26.1 Å². The third-order valence-electron chi connectivity index (χ3n) is 3.52. The molecule has 4 N–H and O–H groups in total. The zero-order chi connectivity index (χ0) is 15.9. The van der Waals surface area contributed by atoms with Crippen molar-refractivity contribution in [2.24, 2.45) is 0 Å². The van der Waals surface area contributed by atoms with Gasteiger partial charge in [-0.1, -0.05) is 6.92 Å². The fourth-order valence-corrected chi connectivity index (χ4v) is 3.17. The number of rotatable bonds is 4. The number of anilines is 1. The highest BCUT2D eigenvalue weighted by Crippen LogP contribution is 2.33. The lowest BCUT2D eigenvalue weighted by molar-refractivity contribution is -0.0289. The molecule has 22 heavy (non-hydrogen) atoms. The van der Waals surface area contributed by atoms with Crippen molar-refractivity contribution in [3.63, 3.8) is 0 Å². The third kappa shape index (κ3) is 2.51. The van der Waals surface area contributed by atoms with E-state index in [1.54, 1.807) is 11.8 Å². The molecule has 3 heterocycles. The average Bonchev–Trinajstić information content (AvgIpc) is 3.00. The summed E-state index contributed by atoms with van der Waals surface area (Å²) in [6, 6.07) is 0. The van der Waals surface area contributed by atoms with E-state index in [4.69, 9.17) is 10.5 Å². The number of nitrogens with zero attached hydrogens (tertiary/aromatic N) is 4. The van der Waals surface area contributed by atoms with Crippen LogP contribution in [0.25, 0.3) is 11.2 Å². The summed E-state index contributed by atoms with van der Waals surface area (Å²) in [5.41, 5.74) is 5.94. The summed E-state index contributed by atoms with van der Waals surface area (Å²) < 4.78 is 20.4. The van der Waals surface area contributed by atoms with Crippen molar-refractivity contribution in [3.8, 4) is 0 Å². The van der Waals surface area contributed by atoms with Crippen LogP contribution in [0.4, 0.5) is 10.2 Å². The Morgan fingerprint density at radius 1 is 1.41 bits per heavy atom. The SMILES string of the molecule is CCSC[C@H]1O[C@@H](n2cnc3c(N)nc(F)nc32)[C@H](O)[C@@H]1O. The zero-order valence-electron chi connectivity index (χ0n) is 11.8. The molecule has 1 fully saturated rings. The maximum atomic E-state index is 13.4. The van der Waals surface area contributed by atoms with Gasteiger partial charge in [-0.05, 0) is 5.75 Å². The molecule has 0 amide bonds. The smallest absolute Gasteiger partial charge is 0.312 e. The molecular weight excluding hydrogens is 313 g/mol. The van der Waals surface area contributed by atoms with E-state index >= 15 is 0 Å². The molecule has 0 unspecified atom stereocenters. The Morgan fingerprint density at radius 3 is 2.91 bits per heavy atom. The Bertz CT molecular complexity index is 684. The van der Waals surface area contributed by atoms with E-state index in [1.807, 2.05) is 6.92 Å². The Hall–Kier alpha value is -1.49. The first kappa shape index (κ1) is 15.4. The van der Waals surface area contributed by atoms with Crippen LogP contribution >= 0.6 is 11.8 Å². The van der Waals surface area contributed by atoms with Gasteiger partial charge < -0.3 is 20.7 Å². The molecule has 1 aliphatic rings. The minimum Gasteiger partial charge on any atom is -0.387 e. The van der Waals surface area contributed by atoms with Crippen molar-refractivity contribution in [2.75, 3.05) is 17.2 Å². The summed E-state index contributed by atoms with van der Waals surface area (Å²) in [6.07, 6.45) is -3.28. The summed E-state index contributed by atoms with van der Waals surface area (Å²) in [7, 11) is 0. The van der Waals surface area contributed by atoms with Gasteiger partial charge in [0.2, 0.25) is 0 Å². The van der Waals surface area contributed by atoms with Gasteiger partial charge >= 0.3 is 6.08 Å². The van der Waals surface area contributed by atoms with Crippen molar-refractivity contribution in [2.45, 2.75) is 31.5 Å². The topological polar surface area (TPSA) is 119 Å². The predicted molar refractivity (Wildman–Crippen MR) is 78.6 cm³/mol. The number of thioether (sulfide) groups is 1. The van der Waals surface area contributed by atoms with E-state index in [1.165, 1.54) is 10.9 Å². The van der Waals surface area contributed by atoms with Crippen molar-refractivity contribution in [1.29, 1.82) is 0 Å². The van der Waals surface area contributed by atoms with Crippen LogP contribution in [0.1, 0.15) is 13.2 Å². The minimum atomic E-state index is -1.17. The number of nitrogen functional groups attached to an aromatic ring is 1. The molecule has 2 aromatic rings. The number of fused-ring (bicyclic) bond motifs is 1. The quantitative estimate of drug-likeness (QED) is 0.666. The maximum absolute atomic E-state index is 13.4. The van der Waals surface area contributed by atoms with Crippen molar-refractivity contribution in [1.82, 2.24) is 19.5 Å². The van der Waals surface area contributed by atoms with Crippen molar-refractivity contribution < 1.29 is 19.3 Å². The number of hydrogen-bond donors (Lipinski definition) is 3. The summed E-state index contributed by atoms with van der Waals surface area (Å²) >= 11 is 1.59. The third-order valence-corrected chi connectivity index (χ3v) is 4.49. The second kappa shape index (κ2) is 5.95.